The van der Waals surface area contributed by atoms with Crippen LogP contribution in [0.1, 0.15) is 11.1 Å². The van der Waals surface area contributed by atoms with E-state index in [1.807, 2.05) is 42.5 Å². The van der Waals surface area contributed by atoms with Gasteiger partial charge in [-0.05, 0) is 23.3 Å². The lowest BCUT2D eigenvalue weighted by Gasteiger charge is -2.44. The lowest BCUT2D eigenvalue weighted by molar-refractivity contribution is -0.152. The van der Waals surface area contributed by atoms with Crippen LogP contribution in [0.3, 0.4) is 0 Å². The summed E-state index contributed by atoms with van der Waals surface area (Å²) >= 11 is 5.91. The first-order valence-corrected chi connectivity index (χ1v) is 10.2. The molecule has 2 aliphatic heterocycles. The van der Waals surface area contributed by atoms with Crippen molar-refractivity contribution in [3.8, 4) is 0 Å². The van der Waals surface area contributed by atoms with E-state index in [1.54, 1.807) is 17.0 Å². The van der Waals surface area contributed by atoms with Gasteiger partial charge < -0.3 is 19.9 Å². The Morgan fingerprint density at radius 1 is 1.03 bits per heavy atom. The molecule has 3 amide bonds. The fraction of sp³-hybridized carbons (Fsp3) is 0.318. The molecule has 7 nitrogen and oxygen atoms in total. The van der Waals surface area contributed by atoms with Gasteiger partial charge in [-0.1, -0.05) is 54.1 Å². The second-order valence-electron chi connectivity index (χ2n) is 7.43. The van der Waals surface area contributed by atoms with Gasteiger partial charge in [0.15, 0.2) is 0 Å². The SMILES string of the molecule is O=C1N[C@@H](Cc2ccc(Cl)cc2)C(=O)N2CCN(C(=O)OCc3ccccc3)C[C@H]12. The topological polar surface area (TPSA) is 79.0 Å². The lowest BCUT2D eigenvalue weighted by Crippen LogP contribution is -2.70. The highest BCUT2D eigenvalue weighted by molar-refractivity contribution is 6.30. The van der Waals surface area contributed by atoms with Gasteiger partial charge in [0.25, 0.3) is 0 Å². The van der Waals surface area contributed by atoms with Gasteiger partial charge in [0.05, 0.1) is 6.54 Å². The van der Waals surface area contributed by atoms with Crippen molar-refractivity contribution in [2.45, 2.75) is 25.1 Å². The van der Waals surface area contributed by atoms with Crippen molar-refractivity contribution in [2.24, 2.45) is 0 Å². The Morgan fingerprint density at radius 3 is 2.50 bits per heavy atom. The second kappa shape index (κ2) is 8.75. The van der Waals surface area contributed by atoms with Crippen LogP contribution >= 0.6 is 11.6 Å². The van der Waals surface area contributed by atoms with E-state index < -0.39 is 18.2 Å². The first-order valence-electron chi connectivity index (χ1n) is 9.82. The molecule has 0 radical (unpaired) electrons. The minimum atomic E-state index is -0.697. The maximum atomic E-state index is 12.9. The molecular weight excluding hydrogens is 406 g/mol. The molecule has 2 aliphatic rings. The molecule has 0 aliphatic carbocycles. The van der Waals surface area contributed by atoms with E-state index in [0.717, 1.165) is 11.1 Å². The highest BCUT2D eigenvalue weighted by atomic mass is 35.5. The average Bonchev–Trinajstić information content (AvgIpc) is 2.77. The number of hydrogen-bond donors (Lipinski definition) is 1. The first-order chi connectivity index (χ1) is 14.5. The largest absolute Gasteiger partial charge is 0.445 e. The van der Waals surface area contributed by atoms with Crippen molar-refractivity contribution in [3.63, 3.8) is 0 Å². The smallest absolute Gasteiger partial charge is 0.410 e. The van der Waals surface area contributed by atoms with Crippen molar-refractivity contribution in [3.05, 3.63) is 70.7 Å². The van der Waals surface area contributed by atoms with Crippen LogP contribution in [0.15, 0.2) is 54.6 Å². The number of ether oxygens (including phenoxy) is 1. The van der Waals surface area contributed by atoms with Crippen molar-refractivity contribution >= 4 is 29.5 Å². The number of carbonyl (C=O) groups excluding carboxylic acids is 3. The van der Waals surface area contributed by atoms with Gasteiger partial charge in [-0.3, -0.25) is 9.59 Å². The number of halogens is 1. The Hall–Kier alpha value is -3.06. The van der Waals surface area contributed by atoms with Gasteiger partial charge in [-0.2, -0.15) is 0 Å². The molecule has 1 N–H and O–H groups in total. The predicted molar refractivity (Wildman–Crippen MR) is 111 cm³/mol. The van der Waals surface area contributed by atoms with Gasteiger partial charge >= 0.3 is 6.09 Å². The number of nitrogens with one attached hydrogen (secondary N) is 1. The van der Waals surface area contributed by atoms with Crippen molar-refractivity contribution in [1.29, 1.82) is 0 Å². The van der Waals surface area contributed by atoms with Crippen LogP contribution in [0.2, 0.25) is 5.02 Å². The molecule has 0 unspecified atom stereocenters. The van der Waals surface area contributed by atoms with Crippen LogP contribution in [-0.2, 0) is 27.4 Å². The zero-order valence-electron chi connectivity index (χ0n) is 16.3. The molecule has 0 aromatic heterocycles. The summed E-state index contributed by atoms with van der Waals surface area (Å²) in [5.41, 5.74) is 1.81. The molecule has 0 bridgehead atoms. The minimum Gasteiger partial charge on any atom is -0.445 e. The second-order valence-corrected chi connectivity index (χ2v) is 7.86. The van der Waals surface area contributed by atoms with Crippen molar-refractivity contribution < 1.29 is 19.1 Å². The van der Waals surface area contributed by atoms with E-state index in [0.29, 0.717) is 24.5 Å². The summed E-state index contributed by atoms with van der Waals surface area (Å²) in [5, 5.41) is 3.42. The standard InChI is InChI=1S/C22H22ClN3O4/c23-17-8-6-15(7-9-17)12-18-21(28)26-11-10-25(13-19(26)20(27)24-18)22(29)30-14-16-4-2-1-3-5-16/h1-9,18-19H,10-14H2,(H,24,27)/t18-,19+/m0/s1. The van der Waals surface area contributed by atoms with Crippen LogP contribution < -0.4 is 5.32 Å². The van der Waals surface area contributed by atoms with E-state index in [2.05, 4.69) is 5.32 Å². The zero-order valence-corrected chi connectivity index (χ0v) is 17.0. The van der Waals surface area contributed by atoms with Crippen LogP contribution in [0.25, 0.3) is 0 Å². The van der Waals surface area contributed by atoms with Crippen LogP contribution in [0.4, 0.5) is 4.79 Å². The Balaban J connectivity index is 1.36. The number of hydrogen-bond acceptors (Lipinski definition) is 4. The number of nitrogens with zero attached hydrogens (tertiary/aromatic N) is 2. The maximum Gasteiger partial charge on any atom is 0.410 e. The van der Waals surface area contributed by atoms with Gasteiger partial charge in [0.2, 0.25) is 11.8 Å². The predicted octanol–water partition coefficient (Wildman–Crippen LogP) is 2.23. The summed E-state index contributed by atoms with van der Waals surface area (Å²) in [6, 6.07) is 15.3. The van der Waals surface area contributed by atoms with Crippen LogP contribution in [-0.4, -0.2) is 59.4 Å². The third-order valence-electron chi connectivity index (χ3n) is 5.40. The summed E-state index contributed by atoms with van der Waals surface area (Å²) < 4.78 is 5.36. The van der Waals surface area contributed by atoms with E-state index in [1.165, 1.54) is 4.90 Å². The van der Waals surface area contributed by atoms with Crippen LogP contribution in [0.5, 0.6) is 0 Å². The fourth-order valence-electron chi connectivity index (χ4n) is 3.77. The third-order valence-corrected chi connectivity index (χ3v) is 5.65. The van der Waals surface area contributed by atoms with Gasteiger partial charge in [0, 0.05) is 24.5 Å². The molecule has 2 aromatic rings. The highest BCUT2D eigenvalue weighted by Crippen LogP contribution is 2.20. The molecule has 30 heavy (non-hydrogen) atoms. The number of fused-ring (bicyclic) bond motifs is 1. The third kappa shape index (κ3) is 4.41. The molecule has 2 aromatic carbocycles. The van der Waals surface area contributed by atoms with E-state index in [4.69, 9.17) is 16.3 Å². The summed E-state index contributed by atoms with van der Waals surface area (Å²) in [6.45, 7) is 0.920. The number of rotatable bonds is 4. The number of amides is 3. The molecule has 156 valence electrons. The Bertz CT molecular complexity index is 935. The minimum absolute atomic E-state index is 0.124. The van der Waals surface area contributed by atoms with Gasteiger partial charge in [-0.25, -0.2) is 4.79 Å². The molecule has 2 fully saturated rings. The van der Waals surface area contributed by atoms with Crippen molar-refractivity contribution in [2.75, 3.05) is 19.6 Å². The molecule has 2 atom stereocenters. The van der Waals surface area contributed by atoms with E-state index >= 15 is 0 Å². The molecule has 4 rings (SSSR count). The summed E-state index contributed by atoms with van der Waals surface area (Å²) in [7, 11) is 0. The fourth-order valence-corrected chi connectivity index (χ4v) is 3.90. The first kappa shape index (κ1) is 20.2. The average molecular weight is 428 g/mol. The summed E-state index contributed by atoms with van der Waals surface area (Å²) in [5.74, 6) is -0.388. The number of piperazine rings is 2. The Morgan fingerprint density at radius 2 is 1.77 bits per heavy atom. The van der Waals surface area contributed by atoms with Crippen LogP contribution in [0, 0.1) is 0 Å². The van der Waals surface area contributed by atoms with Gasteiger partial charge in [-0.15, -0.1) is 0 Å². The quantitative estimate of drug-likeness (QED) is 0.811. The summed E-state index contributed by atoms with van der Waals surface area (Å²) in [4.78, 5) is 41.1. The van der Waals surface area contributed by atoms with E-state index in [9.17, 15) is 14.4 Å². The number of benzene rings is 2. The summed E-state index contributed by atoms with van der Waals surface area (Å²) in [6.07, 6.45) is -0.0876. The van der Waals surface area contributed by atoms with Crippen molar-refractivity contribution in [1.82, 2.24) is 15.1 Å². The normalized spacial score (nSPS) is 21.1. The van der Waals surface area contributed by atoms with Gasteiger partial charge in [0.1, 0.15) is 18.7 Å². The molecular formula is C22H22ClN3O4. The molecule has 2 heterocycles. The Labute approximate surface area is 179 Å². The molecule has 0 saturated carbocycles. The molecule has 0 spiro atoms. The molecule has 2 saturated heterocycles. The monoisotopic (exact) mass is 427 g/mol. The molecule has 8 heteroatoms. The zero-order chi connectivity index (χ0) is 21.1. The van der Waals surface area contributed by atoms with E-state index in [-0.39, 0.29) is 25.0 Å². The lowest BCUT2D eigenvalue weighted by atomic mass is 9.99. The Kier molecular flexibility index (Phi) is 5.90. The highest BCUT2D eigenvalue weighted by Gasteiger charge is 2.44. The number of carbonyl (C=O) groups is 3. The maximum absolute atomic E-state index is 12.9.